The van der Waals surface area contributed by atoms with Crippen molar-refractivity contribution in [2.45, 2.75) is 6.92 Å². The summed E-state index contributed by atoms with van der Waals surface area (Å²) in [7, 11) is 0. The summed E-state index contributed by atoms with van der Waals surface area (Å²) in [5.74, 6) is 0.197. The van der Waals surface area contributed by atoms with Crippen LogP contribution in [-0.4, -0.2) is 58.5 Å². The fourth-order valence-electron chi connectivity index (χ4n) is 3.44. The van der Waals surface area contributed by atoms with E-state index in [4.69, 9.17) is 4.42 Å². The monoisotopic (exact) mass is 434 g/mol. The fraction of sp³-hybridized carbons (Fsp3) is 0.261. The minimum absolute atomic E-state index is 0.00174. The number of hydrogen-bond acceptors (Lipinski definition) is 7. The van der Waals surface area contributed by atoms with Gasteiger partial charge in [-0.25, -0.2) is 4.98 Å². The molecule has 0 saturated carbocycles. The molecule has 31 heavy (non-hydrogen) atoms. The van der Waals surface area contributed by atoms with Crippen LogP contribution >= 0.6 is 11.3 Å². The van der Waals surface area contributed by atoms with Crippen molar-refractivity contribution >= 4 is 22.8 Å². The van der Waals surface area contributed by atoms with Crippen LogP contribution in [0, 0.1) is 18.3 Å². The van der Waals surface area contributed by atoms with Gasteiger partial charge in [-0.2, -0.15) is 5.26 Å². The summed E-state index contributed by atoms with van der Waals surface area (Å²) >= 11 is 1.34. The van der Waals surface area contributed by atoms with Crippen LogP contribution in [0.5, 0.6) is 0 Å². The van der Waals surface area contributed by atoms with E-state index in [1.165, 1.54) is 23.2 Å². The molecule has 0 bridgehead atoms. The number of aryl methyl sites for hydroxylation is 1. The van der Waals surface area contributed by atoms with Crippen molar-refractivity contribution in [3.05, 3.63) is 70.1 Å². The van der Waals surface area contributed by atoms with Gasteiger partial charge in [0.2, 0.25) is 0 Å². The van der Waals surface area contributed by atoms with Gasteiger partial charge in [0.25, 0.3) is 5.91 Å². The molecule has 3 heterocycles. The second kappa shape index (κ2) is 9.16. The van der Waals surface area contributed by atoms with Gasteiger partial charge < -0.3 is 14.4 Å². The van der Waals surface area contributed by atoms with Gasteiger partial charge in [-0.05, 0) is 19.1 Å². The Kier molecular flexibility index (Phi) is 6.16. The Bertz CT molecular complexity index is 1120. The quantitative estimate of drug-likeness (QED) is 0.483. The first-order chi connectivity index (χ1) is 15.0. The van der Waals surface area contributed by atoms with E-state index in [0.29, 0.717) is 36.9 Å². The van der Waals surface area contributed by atoms with E-state index in [2.05, 4.69) is 11.1 Å². The lowest BCUT2D eigenvalue weighted by atomic mass is 10.1. The number of aromatic nitrogens is 1. The summed E-state index contributed by atoms with van der Waals surface area (Å²) in [6.45, 7) is 4.53. The van der Waals surface area contributed by atoms with Crippen LogP contribution < -0.4 is 0 Å². The summed E-state index contributed by atoms with van der Waals surface area (Å²) < 4.78 is 5.18. The molecule has 0 radical (unpaired) electrons. The van der Waals surface area contributed by atoms with Crippen LogP contribution in [0.2, 0.25) is 0 Å². The maximum atomic E-state index is 12.4. The van der Waals surface area contributed by atoms with Gasteiger partial charge in [0.05, 0.1) is 18.5 Å². The van der Waals surface area contributed by atoms with Crippen LogP contribution in [0.3, 0.4) is 0 Å². The highest BCUT2D eigenvalue weighted by atomic mass is 32.1. The third kappa shape index (κ3) is 4.68. The zero-order valence-electron chi connectivity index (χ0n) is 17.1. The van der Waals surface area contributed by atoms with Gasteiger partial charge in [-0.3, -0.25) is 9.69 Å². The molecule has 1 saturated heterocycles. The minimum atomic E-state index is -0.131. The average molecular weight is 435 g/mol. The number of piperazine rings is 1. The van der Waals surface area contributed by atoms with Crippen LogP contribution in [0.1, 0.15) is 21.1 Å². The Morgan fingerprint density at radius 2 is 1.97 bits per heavy atom. The Labute approximate surface area is 184 Å². The van der Waals surface area contributed by atoms with Crippen molar-refractivity contribution in [2.75, 3.05) is 32.7 Å². The molecule has 1 fully saturated rings. The minimum Gasteiger partial charge on any atom is -0.509 e. The molecule has 1 aliphatic rings. The number of hydrogen-bond donors (Lipinski definition) is 1. The molecule has 1 amide bonds. The Morgan fingerprint density at radius 3 is 2.61 bits per heavy atom. The number of thiazole rings is 1. The highest BCUT2D eigenvalue weighted by Crippen LogP contribution is 2.27. The predicted molar refractivity (Wildman–Crippen MR) is 119 cm³/mol. The molecule has 8 heteroatoms. The summed E-state index contributed by atoms with van der Waals surface area (Å²) in [6, 6.07) is 13.5. The van der Waals surface area contributed by atoms with Gasteiger partial charge in [0.1, 0.15) is 22.4 Å². The lowest BCUT2D eigenvalue weighted by Crippen LogP contribution is -2.49. The van der Waals surface area contributed by atoms with Crippen molar-refractivity contribution in [1.82, 2.24) is 14.8 Å². The zero-order valence-corrected chi connectivity index (χ0v) is 17.9. The maximum Gasteiger partial charge on any atom is 0.289 e. The Hall–Kier alpha value is -3.41. The van der Waals surface area contributed by atoms with E-state index in [1.807, 2.05) is 41.5 Å². The van der Waals surface area contributed by atoms with Crippen LogP contribution in [-0.2, 0) is 0 Å². The lowest BCUT2D eigenvalue weighted by molar-refractivity contribution is 0.0607. The largest absolute Gasteiger partial charge is 0.509 e. The van der Waals surface area contributed by atoms with E-state index in [0.717, 1.165) is 11.3 Å². The number of aliphatic hydroxyl groups is 1. The van der Waals surface area contributed by atoms with Crippen LogP contribution in [0.15, 0.2) is 58.2 Å². The summed E-state index contributed by atoms with van der Waals surface area (Å²) in [6.07, 6.45) is 1.48. The number of carbonyl (C=O) groups excluding carboxylic acids is 1. The summed E-state index contributed by atoms with van der Waals surface area (Å²) in [5, 5.41) is 22.7. The number of benzene rings is 1. The van der Waals surface area contributed by atoms with Crippen LogP contribution in [0.25, 0.3) is 16.8 Å². The van der Waals surface area contributed by atoms with E-state index in [1.54, 1.807) is 17.0 Å². The van der Waals surface area contributed by atoms with Gasteiger partial charge in [-0.1, -0.05) is 29.8 Å². The van der Waals surface area contributed by atoms with E-state index >= 15 is 0 Å². The standard InChI is InChI=1S/C23H22N4O3S/c1-16-4-6-17(7-5-16)19-15-31-22(25-19)18(13-24)20(28)14-26-8-10-27(11-9-26)23(29)21-3-2-12-30-21/h2-7,12,15,28H,8-11,14H2,1H3. The molecule has 0 atom stereocenters. The first-order valence-corrected chi connectivity index (χ1v) is 10.8. The summed E-state index contributed by atoms with van der Waals surface area (Å²) in [5.41, 5.74) is 3.12. The third-order valence-electron chi connectivity index (χ3n) is 5.23. The second-order valence-corrected chi connectivity index (χ2v) is 8.24. The smallest absolute Gasteiger partial charge is 0.289 e. The molecule has 7 nitrogen and oxygen atoms in total. The molecule has 1 aromatic carbocycles. The maximum absolute atomic E-state index is 12.4. The molecule has 0 aliphatic carbocycles. The number of nitrogens with zero attached hydrogens (tertiary/aromatic N) is 4. The molecule has 4 rings (SSSR count). The molecule has 158 valence electrons. The number of amides is 1. The van der Waals surface area contributed by atoms with E-state index in [-0.39, 0.29) is 23.8 Å². The molecule has 2 aromatic heterocycles. The molecule has 0 unspecified atom stereocenters. The van der Waals surface area contributed by atoms with E-state index < -0.39 is 0 Å². The number of carbonyl (C=O) groups is 1. The topological polar surface area (TPSA) is 93.6 Å². The number of furan rings is 1. The molecule has 0 spiro atoms. The van der Waals surface area contributed by atoms with Crippen molar-refractivity contribution < 1.29 is 14.3 Å². The van der Waals surface area contributed by atoms with Crippen LogP contribution in [0.4, 0.5) is 0 Å². The first-order valence-electron chi connectivity index (χ1n) is 9.95. The van der Waals surface area contributed by atoms with Gasteiger partial charge in [-0.15, -0.1) is 11.3 Å². The third-order valence-corrected chi connectivity index (χ3v) is 6.09. The van der Waals surface area contributed by atoms with Crippen molar-refractivity contribution in [3.8, 4) is 17.3 Å². The Morgan fingerprint density at radius 1 is 1.23 bits per heavy atom. The summed E-state index contributed by atoms with van der Waals surface area (Å²) in [4.78, 5) is 20.7. The molecular weight excluding hydrogens is 412 g/mol. The Balaban J connectivity index is 1.41. The first kappa shape index (κ1) is 20.8. The highest BCUT2D eigenvalue weighted by Gasteiger charge is 2.25. The molecule has 1 N–H and O–H groups in total. The SMILES string of the molecule is Cc1ccc(-c2csc(C(C#N)=C(O)CN3CCN(C(=O)c4ccco4)CC3)n2)cc1. The number of allylic oxidation sites excluding steroid dienone is 1. The highest BCUT2D eigenvalue weighted by molar-refractivity contribution is 7.11. The van der Waals surface area contributed by atoms with Crippen molar-refractivity contribution in [3.63, 3.8) is 0 Å². The molecule has 3 aromatic rings. The van der Waals surface area contributed by atoms with Crippen molar-refractivity contribution in [2.24, 2.45) is 0 Å². The van der Waals surface area contributed by atoms with Gasteiger partial charge in [0.15, 0.2) is 5.76 Å². The van der Waals surface area contributed by atoms with Gasteiger partial charge in [0, 0.05) is 37.1 Å². The molecule has 1 aliphatic heterocycles. The second-order valence-electron chi connectivity index (χ2n) is 7.38. The number of rotatable bonds is 5. The van der Waals surface area contributed by atoms with Crippen molar-refractivity contribution in [1.29, 1.82) is 5.26 Å². The number of nitriles is 1. The van der Waals surface area contributed by atoms with Gasteiger partial charge >= 0.3 is 0 Å². The van der Waals surface area contributed by atoms with E-state index in [9.17, 15) is 15.2 Å². The fourth-order valence-corrected chi connectivity index (χ4v) is 4.28. The molecular formula is C23H22N4O3S. The average Bonchev–Trinajstić information content (AvgIpc) is 3.48. The number of aliphatic hydroxyl groups excluding tert-OH is 1. The predicted octanol–water partition coefficient (Wildman–Crippen LogP) is 3.96. The zero-order chi connectivity index (χ0) is 21.8. The normalized spacial score (nSPS) is 15.4. The lowest BCUT2D eigenvalue weighted by Gasteiger charge is -2.34.